The van der Waals surface area contributed by atoms with Crippen LogP contribution >= 0.6 is 15.9 Å². The first-order valence-corrected chi connectivity index (χ1v) is 10.2. The largest absolute Gasteiger partial charge is 0.493 e. The van der Waals surface area contributed by atoms with Crippen LogP contribution in [-0.4, -0.2) is 11.2 Å². The van der Waals surface area contributed by atoms with Crippen molar-refractivity contribution in [2.75, 3.05) is 12.3 Å². The minimum absolute atomic E-state index is 0.645. The maximum atomic E-state index is 6.55. The van der Waals surface area contributed by atoms with E-state index in [1.807, 2.05) is 30.3 Å². The molecular weight excluding hydrogens is 414 g/mol. The maximum Gasteiger partial charge on any atom is 0.356 e. The number of aromatic nitrogens is 2. The molecular formula is C23H23BrN3O+. The van der Waals surface area contributed by atoms with E-state index in [2.05, 4.69) is 73.6 Å². The fraction of sp³-hybridized carbons (Fsp3) is 0.174. The number of hydrogen-bond donors (Lipinski definition) is 1. The third-order valence-electron chi connectivity index (χ3n) is 4.81. The second-order valence-corrected chi connectivity index (χ2v) is 7.64. The summed E-state index contributed by atoms with van der Waals surface area (Å²) in [5.74, 6) is 1.65. The Kier molecular flexibility index (Phi) is 5.63. The van der Waals surface area contributed by atoms with E-state index < -0.39 is 0 Å². The number of fused-ring (bicyclic) bond motifs is 1. The normalized spacial score (nSPS) is 11.0. The van der Waals surface area contributed by atoms with Crippen LogP contribution in [0.5, 0.6) is 5.75 Å². The number of rotatable bonds is 7. The van der Waals surface area contributed by atoms with E-state index in [9.17, 15) is 0 Å². The Morgan fingerprint density at radius 1 is 0.893 bits per heavy atom. The molecule has 0 atom stereocenters. The summed E-state index contributed by atoms with van der Waals surface area (Å²) >= 11 is 3.44. The van der Waals surface area contributed by atoms with Crippen LogP contribution in [0.1, 0.15) is 12.0 Å². The summed E-state index contributed by atoms with van der Waals surface area (Å²) in [4.78, 5) is 0. The number of benzene rings is 3. The number of nitrogens with zero attached hydrogens (tertiary/aromatic N) is 2. The zero-order valence-corrected chi connectivity index (χ0v) is 17.2. The third-order valence-corrected chi connectivity index (χ3v) is 5.34. The summed E-state index contributed by atoms with van der Waals surface area (Å²) in [5.41, 5.74) is 10.1. The number of ether oxygens (including phenoxy) is 1. The number of nitrogens with two attached hydrogens (primary N) is 1. The molecule has 0 unspecified atom stereocenters. The van der Waals surface area contributed by atoms with Crippen molar-refractivity contribution in [2.45, 2.75) is 19.5 Å². The average Bonchev–Trinajstić information content (AvgIpc) is 2.99. The number of aryl methyl sites for hydroxylation is 1. The maximum absolute atomic E-state index is 6.55. The van der Waals surface area contributed by atoms with Crippen LogP contribution < -0.4 is 15.0 Å². The molecule has 0 bridgehead atoms. The Hall–Kier alpha value is -2.79. The highest BCUT2D eigenvalue weighted by Gasteiger charge is 2.20. The van der Waals surface area contributed by atoms with E-state index in [1.54, 1.807) is 0 Å². The van der Waals surface area contributed by atoms with Gasteiger partial charge in [0.25, 0.3) is 0 Å². The van der Waals surface area contributed by atoms with Crippen molar-refractivity contribution in [3.63, 3.8) is 0 Å². The van der Waals surface area contributed by atoms with Crippen LogP contribution in [0.15, 0.2) is 83.3 Å². The summed E-state index contributed by atoms with van der Waals surface area (Å²) < 4.78 is 11.3. The van der Waals surface area contributed by atoms with Gasteiger partial charge >= 0.3 is 5.95 Å². The van der Waals surface area contributed by atoms with Gasteiger partial charge in [-0.05, 0) is 42.0 Å². The smallest absolute Gasteiger partial charge is 0.356 e. The molecule has 28 heavy (non-hydrogen) atoms. The molecule has 142 valence electrons. The molecule has 1 heterocycles. The standard InChI is InChI=1S/C23H22BrN3O/c24-19-11-13-20(14-12-19)28-16-6-15-26-21-9-4-5-10-22(21)27(23(26)25)17-18-7-2-1-3-8-18/h1-5,7-14,25H,6,15-17H2/p+1. The van der Waals surface area contributed by atoms with E-state index in [-0.39, 0.29) is 0 Å². The molecule has 0 amide bonds. The number of imidazole rings is 1. The van der Waals surface area contributed by atoms with Crippen molar-refractivity contribution in [3.05, 3.63) is 88.9 Å². The SMILES string of the molecule is Nc1n(CCCOc2ccc(Br)cc2)c2ccccc2[n+]1Cc1ccccc1. The molecule has 0 spiro atoms. The van der Waals surface area contributed by atoms with Crippen molar-refractivity contribution in [2.24, 2.45) is 0 Å². The minimum Gasteiger partial charge on any atom is -0.493 e. The van der Waals surface area contributed by atoms with E-state index in [1.165, 1.54) is 5.56 Å². The molecule has 4 aromatic rings. The first kappa shape index (κ1) is 18.6. The van der Waals surface area contributed by atoms with Crippen LogP contribution in [0.4, 0.5) is 5.95 Å². The van der Waals surface area contributed by atoms with E-state index in [0.717, 1.165) is 46.7 Å². The molecule has 0 fully saturated rings. The highest BCUT2D eigenvalue weighted by Crippen LogP contribution is 2.19. The van der Waals surface area contributed by atoms with Gasteiger partial charge in [0.2, 0.25) is 0 Å². The average molecular weight is 437 g/mol. The van der Waals surface area contributed by atoms with Gasteiger partial charge < -0.3 is 4.74 Å². The van der Waals surface area contributed by atoms with Gasteiger partial charge in [-0.15, -0.1) is 0 Å². The number of nitrogen functional groups attached to an aromatic ring is 1. The summed E-state index contributed by atoms with van der Waals surface area (Å²) in [6.07, 6.45) is 0.879. The Balaban J connectivity index is 1.50. The van der Waals surface area contributed by atoms with Crippen LogP contribution in [0.3, 0.4) is 0 Å². The summed E-state index contributed by atoms with van der Waals surface area (Å²) in [7, 11) is 0. The Labute approximate surface area is 173 Å². The van der Waals surface area contributed by atoms with E-state index >= 15 is 0 Å². The molecule has 2 N–H and O–H groups in total. The second kappa shape index (κ2) is 8.48. The van der Waals surface area contributed by atoms with Gasteiger partial charge in [-0.3, -0.25) is 5.73 Å². The highest BCUT2D eigenvalue weighted by atomic mass is 79.9. The van der Waals surface area contributed by atoms with Crippen LogP contribution in [0, 0.1) is 0 Å². The van der Waals surface area contributed by atoms with Gasteiger partial charge in [-0.2, -0.15) is 0 Å². The monoisotopic (exact) mass is 436 g/mol. The number of anilines is 1. The molecule has 0 saturated carbocycles. The lowest BCUT2D eigenvalue weighted by molar-refractivity contribution is -0.648. The Bertz CT molecular complexity index is 1060. The molecule has 1 aromatic heterocycles. The highest BCUT2D eigenvalue weighted by molar-refractivity contribution is 9.10. The second-order valence-electron chi connectivity index (χ2n) is 6.73. The fourth-order valence-corrected chi connectivity index (χ4v) is 3.69. The molecule has 0 saturated heterocycles. The first-order valence-electron chi connectivity index (χ1n) is 9.41. The van der Waals surface area contributed by atoms with Crippen molar-refractivity contribution >= 4 is 32.9 Å². The Morgan fingerprint density at radius 2 is 1.61 bits per heavy atom. The summed E-state index contributed by atoms with van der Waals surface area (Å²) in [6.45, 7) is 2.21. The van der Waals surface area contributed by atoms with Crippen LogP contribution in [-0.2, 0) is 13.1 Å². The van der Waals surface area contributed by atoms with Gasteiger partial charge in [0, 0.05) is 10.9 Å². The summed E-state index contributed by atoms with van der Waals surface area (Å²) in [6, 6.07) is 26.7. The van der Waals surface area contributed by atoms with Gasteiger partial charge in [0.05, 0.1) is 19.7 Å². The van der Waals surface area contributed by atoms with E-state index in [4.69, 9.17) is 10.5 Å². The molecule has 0 aliphatic heterocycles. The molecule has 0 radical (unpaired) electrons. The van der Waals surface area contributed by atoms with Crippen molar-refractivity contribution in [3.8, 4) is 5.75 Å². The molecule has 3 aromatic carbocycles. The number of hydrogen-bond acceptors (Lipinski definition) is 2. The fourth-order valence-electron chi connectivity index (χ4n) is 3.42. The van der Waals surface area contributed by atoms with E-state index in [0.29, 0.717) is 6.61 Å². The van der Waals surface area contributed by atoms with Gasteiger partial charge in [-0.1, -0.05) is 58.4 Å². The lowest BCUT2D eigenvalue weighted by Crippen LogP contribution is -2.37. The summed E-state index contributed by atoms with van der Waals surface area (Å²) in [5, 5.41) is 0. The molecule has 0 aliphatic carbocycles. The van der Waals surface area contributed by atoms with Crippen LogP contribution in [0.2, 0.25) is 0 Å². The first-order chi connectivity index (χ1) is 13.7. The quantitative estimate of drug-likeness (QED) is 0.334. The molecule has 4 rings (SSSR count). The lowest BCUT2D eigenvalue weighted by Gasteiger charge is -2.06. The van der Waals surface area contributed by atoms with Gasteiger partial charge in [-0.25, -0.2) is 9.13 Å². The third kappa shape index (κ3) is 4.04. The predicted molar refractivity (Wildman–Crippen MR) is 116 cm³/mol. The van der Waals surface area contributed by atoms with Gasteiger partial charge in [0.15, 0.2) is 0 Å². The lowest BCUT2D eigenvalue weighted by atomic mass is 10.2. The minimum atomic E-state index is 0.645. The topological polar surface area (TPSA) is 44.1 Å². The van der Waals surface area contributed by atoms with Gasteiger partial charge in [0.1, 0.15) is 16.8 Å². The van der Waals surface area contributed by atoms with Crippen LogP contribution in [0.25, 0.3) is 11.0 Å². The van der Waals surface area contributed by atoms with Crippen molar-refractivity contribution in [1.82, 2.24) is 4.57 Å². The predicted octanol–water partition coefficient (Wildman–Crippen LogP) is 4.79. The zero-order valence-electron chi connectivity index (χ0n) is 15.6. The molecule has 4 nitrogen and oxygen atoms in total. The molecule has 5 heteroatoms. The zero-order chi connectivity index (χ0) is 19.3. The van der Waals surface area contributed by atoms with Crippen molar-refractivity contribution in [1.29, 1.82) is 0 Å². The number of para-hydroxylation sites is 2. The molecule has 0 aliphatic rings. The van der Waals surface area contributed by atoms with Crippen molar-refractivity contribution < 1.29 is 9.30 Å². The Morgan fingerprint density at radius 3 is 2.39 bits per heavy atom. The number of halogens is 1.